The topological polar surface area (TPSA) is 60.1 Å². The SMILES string of the molecule is CCCN(Cn1nc(-c2ccccc2F)n(C)c1=S)[C@@H]1CCS(=O)(=O)C1. The molecule has 1 aliphatic rings. The van der Waals surface area contributed by atoms with E-state index in [2.05, 4.69) is 16.9 Å². The highest BCUT2D eigenvalue weighted by molar-refractivity contribution is 7.91. The highest BCUT2D eigenvalue weighted by Gasteiger charge is 2.32. The molecule has 1 atom stereocenters. The third kappa shape index (κ3) is 3.89. The van der Waals surface area contributed by atoms with Crippen LogP contribution in [-0.4, -0.2) is 51.8 Å². The van der Waals surface area contributed by atoms with E-state index in [-0.39, 0.29) is 23.4 Å². The summed E-state index contributed by atoms with van der Waals surface area (Å²) in [6.45, 7) is 3.21. The van der Waals surface area contributed by atoms with Crippen LogP contribution in [-0.2, 0) is 23.6 Å². The summed E-state index contributed by atoms with van der Waals surface area (Å²) in [5.74, 6) is 0.512. The van der Waals surface area contributed by atoms with E-state index in [1.165, 1.54) is 6.07 Å². The van der Waals surface area contributed by atoms with Crippen LogP contribution in [0.15, 0.2) is 24.3 Å². The molecule has 6 nitrogen and oxygen atoms in total. The predicted molar refractivity (Wildman–Crippen MR) is 101 cm³/mol. The zero-order valence-electron chi connectivity index (χ0n) is 14.9. The lowest BCUT2D eigenvalue weighted by atomic mass is 10.2. The smallest absolute Gasteiger partial charge is 0.199 e. The van der Waals surface area contributed by atoms with Crippen molar-refractivity contribution in [1.29, 1.82) is 0 Å². The maximum Gasteiger partial charge on any atom is 0.199 e. The van der Waals surface area contributed by atoms with Gasteiger partial charge in [0.15, 0.2) is 20.4 Å². The van der Waals surface area contributed by atoms with E-state index in [1.54, 1.807) is 34.5 Å². The quantitative estimate of drug-likeness (QED) is 0.700. The van der Waals surface area contributed by atoms with Crippen LogP contribution in [0.25, 0.3) is 11.4 Å². The van der Waals surface area contributed by atoms with Gasteiger partial charge in [0.1, 0.15) is 5.82 Å². The summed E-state index contributed by atoms with van der Waals surface area (Å²) in [6.07, 6.45) is 1.53. The van der Waals surface area contributed by atoms with Crippen LogP contribution in [0.4, 0.5) is 4.39 Å². The Labute approximate surface area is 158 Å². The molecule has 1 saturated heterocycles. The summed E-state index contributed by atoms with van der Waals surface area (Å²) < 4.78 is 41.6. The van der Waals surface area contributed by atoms with E-state index < -0.39 is 9.84 Å². The predicted octanol–water partition coefficient (Wildman–Crippen LogP) is 2.61. The van der Waals surface area contributed by atoms with E-state index in [0.717, 1.165) is 13.0 Å². The van der Waals surface area contributed by atoms with Gasteiger partial charge in [0, 0.05) is 13.1 Å². The summed E-state index contributed by atoms with van der Waals surface area (Å²) in [4.78, 5) is 2.11. The molecule has 0 aliphatic carbocycles. The molecule has 1 aromatic heterocycles. The summed E-state index contributed by atoms with van der Waals surface area (Å²) in [5.41, 5.74) is 0.394. The van der Waals surface area contributed by atoms with Gasteiger partial charge in [0.05, 0.1) is 23.7 Å². The number of halogens is 1. The van der Waals surface area contributed by atoms with E-state index in [0.29, 0.717) is 29.2 Å². The van der Waals surface area contributed by atoms with Crippen LogP contribution >= 0.6 is 12.2 Å². The third-order valence-electron chi connectivity index (χ3n) is 4.71. The van der Waals surface area contributed by atoms with Crippen LogP contribution in [0.2, 0.25) is 0 Å². The highest BCUT2D eigenvalue weighted by atomic mass is 32.2. The molecule has 0 N–H and O–H groups in total. The first kappa shape index (κ1) is 19.2. The van der Waals surface area contributed by atoms with Gasteiger partial charge in [-0.3, -0.25) is 4.90 Å². The molecule has 1 aliphatic heterocycles. The van der Waals surface area contributed by atoms with Crippen molar-refractivity contribution < 1.29 is 12.8 Å². The fourth-order valence-electron chi connectivity index (χ4n) is 3.35. The molecule has 2 aromatic rings. The molecule has 0 saturated carbocycles. The molecular weight excluding hydrogens is 375 g/mol. The number of nitrogens with zero attached hydrogens (tertiary/aromatic N) is 4. The number of aromatic nitrogens is 3. The molecule has 1 fully saturated rings. The second kappa shape index (κ2) is 7.58. The van der Waals surface area contributed by atoms with Crippen LogP contribution in [0.5, 0.6) is 0 Å². The lowest BCUT2D eigenvalue weighted by Gasteiger charge is -2.27. The lowest BCUT2D eigenvalue weighted by Crippen LogP contribution is -2.38. The van der Waals surface area contributed by atoms with Crippen molar-refractivity contribution in [3.05, 3.63) is 34.9 Å². The zero-order chi connectivity index (χ0) is 18.9. The van der Waals surface area contributed by atoms with Crippen LogP contribution in [0.3, 0.4) is 0 Å². The second-order valence-electron chi connectivity index (χ2n) is 6.66. The summed E-state index contributed by atoms with van der Waals surface area (Å²) in [5, 5.41) is 4.51. The Balaban J connectivity index is 1.90. The van der Waals surface area contributed by atoms with Crippen molar-refractivity contribution in [3.8, 4) is 11.4 Å². The average Bonchev–Trinajstić information content (AvgIpc) is 3.09. The molecule has 142 valence electrons. The van der Waals surface area contributed by atoms with Gasteiger partial charge in [-0.15, -0.1) is 0 Å². The minimum Gasteiger partial charge on any atom is -0.303 e. The van der Waals surface area contributed by atoms with Crippen LogP contribution in [0.1, 0.15) is 19.8 Å². The normalized spacial score (nSPS) is 19.3. The van der Waals surface area contributed by atoms with Crippen molar-refractivity contribution in [2.75, 3.05) is 18.1 Å². The van der Waals surface area contributed by atoms with Gasteiger partial charge < -0.3 is 4.57 Å². The molecular formula is C17H23FN4O2S2. The van der Waals surface area contributed by atoms with Gasteiger partial charge in [-0.2, -0.15) is 5.10 Å². The first-order chi connectivity index (χ1) is 12.3. The van der Waals surface area contributed by atoms with E-state index in [4.69, 9.17) is 12.2 Å². The summed E-state index contributed by atoms with van der Waals surface area (Å²) >= 11 is 5.48. The van der Waals surface area contributed by atoms with E-state index in [9.17, 15) is 12.8 Å². The van der Waals surface area contributed by atoms with Crippen LogP contribution < -0.4 is 0 Å². The van der Waals surface area contributed by atoms with Crippen molar-refractivity contribution >= 4 is 22.1 Å². The molecule has 0 spiro atoms. The largest absolute Gasteiger partial charge is 0.303 e. The van der Waals surface area contributed by atoms with Gasteiger partial charge in [0.2, 0.25) is 0 Å². The monoisotopic (exact) mass is 398 g/mol. The fraction of sp³-hybridized carbons (Fsp3) is 0.529. The van der Waals surface area contributed by atoms with Gasteiger partial charge >= 0.3 is 0 Å². The van der Waals surface area contributed by atoms with Crippen molar-refractivity contribution in [3.63, 3.8) is 0 Å². The zero-order valence-corrected chi connectivity index (χ0v) is 16.6. The minimum atomic E-state index is -2.96. The first-order valence-corrected chi connectivity index (χ1v) is 10.9. The van der Waals surface area contributed by atoms with Gasteiger partial charge in [0.25, 0.3) is 0 Å². The molecule has 0 unspecified atom stereocenters. The lowest BCUT2D eigenvalue weighted by molar-refractivity contribution is 0.155. The Morgan fingerprint density at radius 2 is 2.12 bits per heavy atom. The van der Waals surface area contributed by atoms with Gasteiger partial charge in [-0.25, -0.2) is 17.5 Å². The molecule has 9 heteroatoms. The maximum absolute atomic E-state index is 14.1. The minimum absolute atomic E-state index is 0.0271. The molecule has 0 radical (unpaired) electrons. The standard InChI is InChI=1S/C17H23FN4O2S2/c1-3-9-21(13-8-10-26(23,24)11-13)12-22-17(25)20(2)16(19-22)14-6-4-5-7-15(14)18/h4-7,13H,3,8-12H2,1-2H3/t13-/m1/s1. The number of benzene rings is 1. The Hall–Kier alpha value is -1.58. The van der Waals surface area contributed by atoms with E-state index >= 15 is 0 Å². The Bertz CT molecular complexity index is 952. The third-order valence-corrected chi connectivity index (χ3v) is 6.94. The van der Waals surface area contributed by atoms with Crippen molar-refractivity contribution in [2.24, 2.45) is 7.05 Å². The Morgan fingerprint density at radius 1 is 1.38 bits per heavy atom. The number of hydrogen-bond acceptors (Lipinski definition) is 5. The van der Waals surface area contributed by atoms with Crippen LogP contribution in [0, 0.1) is 10.6 Å². The average molecular weight is 399 g/mol. The Morgan fingerprint density at radius 3 is 2.73 bits per heavy atom. The molecule has 0 amide bonds. The summed E-state index contributed by atoms with van der Waals surface area (Å²) in [6, 6.07) is 6.43. The number of sulfone groups is 1. The van der Waals surface area contributed by atoms with Gasteiger partial charge in [-0.05, 0) is 43.7 Å². The number of hydrogen-bond donors (Lipinski definition) is 0. The molecule has 26 heavy (non-hydrogen) atoms. The first-order valence-electron chi connectivity index (χ1n) is 8.65. The molecule has 3 rings (SSSR count). The maximum atomic E-state index is 14.1. The Kier molecular flexibility index (Phi) is 5.59. The van der Waals surface area contributed by atoms with E-state index in [1.807, 2.05) is 0 Å². The molecule has 2 heterocycles. The molecule has 0 bridgehead atoms. The van der Waals surface area contributed by atoms with Crippen molar-refractivity contribution in [1.82, 2.24) is 19.2 Å². The van der Waals surface area contributed by atoms with Crippen molar-refractivity contribution in [2.45, 2.75) is 32.5 Å². The van der Waals surface area contributed by atoms with Gasteiger partial charge in [-0.1, -0.05) is 19.1 Å². The highest BCUT2D eigenvalue weighted by Crippen LogP contribution is 2.22. The molecule has 1 aromatic carbocycles. The second-order valence-corrected chi connectivity index (χ2v) is 9.25. The number of rotatable bonds is 6. The fourth-order valence-corrected chi connectivity index (χ4v) is 5.30. The summed E-state index contributed by atoms with van der Waals surface area (Å²) in [7, 11) is -1.20.